The number of primary amides is 1. The zero-order chi connectivity index (χ0) is 21.5. The molecule has 3 saturated heterocycles. The summed E-state index contributed by atoms with van der Waals surface area (Å²) in [4.78, 5) is 43.5. The number of hydrogen-bond acceptors (Lipinski definition) is 4. The van der Waals surface area contributed by atoms with Crippen LogP contribution in [0, 0.1) is 0 Å². The van der Waals surface area contributed by atoms with Crippen molar-refractivity contribution in [2.24, 2.45) is 5.73 Å². The lowest BCUT2D eigenvalue weighted by molar-refractivity contribution is -0.139. The maximum absolute atomic E-state index is 13.2. The van der Waals surface area contributed by atoms with E-state index in [0.29, 0.717) is 25.1 Å². The van der Waals surface area contributed by atoms with Crippen LogP contribution < -0.4 is 10.6 Å². The summed E-state index contributed by atoms with van der Waals surface area (Å²) < 4.78 is 0. The lowest BCUT2D eigenvalue weighted by Gasteiger charge is -2.35. The number of rotatable bonds is 6. The Morgan fingerprint density at radius 2 is 1.67 bits per heavy atom. The van der Waals surface area contributed by atoms with Crippen molar-refractivity contribution in [1.82, 2.24) is 9.80 Å². The average Bonchev–Trinajstić information content (AvgIpc) is 3.33. The Hall–Kier alpha value is -2.41. The molecule has 0 radical (unpaired) electrons. The quantitative estimate of drug-likeness (QED) is 0.575. The molecule has 7 heteroatoms. The maximum atomic E-state index is 13.2. The Labute approximate surface area is 178 Å². The maximum Gasteiger partial charge on any atom is 0.332 e. The fourth-order valence-corrected chi connectivity index (χ4v) is 5.09. The third-order valence-electron chi connectivity index (χ3n) is 7.18. The third kappa shape index (κ3) is 3.29. The van der Waals surface area contributed by atoms with Crippen molar-refractivity contribution in [1.29, 1.82) is 0 Å². The van der Waals surface area contributed by atoms with Gasteiger partial charge in [-0.05, 0) is 81.3 Å². The minimum Gasteiger partial charge on any atom is -0.367 e. The van der Waals surface area contributed by atoms with Crippen molar-refractivity contribution in [2.45, 2.75) is 63.3 Å². The van der Waals surface area contributed by atoms with Gasteiger partial charge in [0.15, 0.2) is 0 Å². The number of carbonyl (C=O) groups is 3. The number of carbonyl (C=O) groups excluding carboxylic acids is 3. The Morgan fingerprint density at radius 3 is 2.27 bits per heavy atom. The Bertz CT molecular complexity index is 845. The van der Waals surface area contributed by atoms with Crippen molar-refractivity contribution >= 4 is 23.5 Å². The number of piperidine rings is 1. The van der Waals surface area contributed by atoms with E-state index in [0.717, 1.165) is 24.3 Å². The number of amides is 4. The lowest BCUT2D eigenvalue weighted by atomic mass is 9.81. The summed E-state index contributed by atoms with van der Waals surface area (Å²) >= 11 is 0. The second-order valence-corrected chi connectivity index (χ2v) is 9.49. The number of benzene rings is 1. The topological polar surface area (TPSA) is 86.9 Å². The van der Waals surface area contributed by atoms with Crippen molar-refractivity contribution in [2.75, 3.05) is 31.1 Å². The summed E-state index contributed by atoms with van der Waals surface area (Å²) in [5.41, 5.74) is 5.76. The first-order chi connectivity index (χ1) is 14.3. The number of hydrogen-bond donors (Lipinski definition) is 1. The lowest BCUT2D eigenvalue weighted by Crippen LogP contribution is -2.60. The Kier molecular flexibility index (Phi) is 5.34. The summed E-state index contributed by atoms with van der Waals surface area (Å²) in [5, 5.41) is 0. The van der Waals surface area contributed by atoms with Gasteiger partial charge in [-0.1, -0.05) is 26.0 Å². The molecule has 0 aromatic heterocycles. The molecular formula is C23H32N4O3. The molecule has 30 heavy (non-hydrogen) atoms. The van der Waals surface area contributed by atoms with E-state index in [4.69, 9.17) is 5.73 Å². The molecule has 7 nitrogen and oxygen atoms in total. The van der Waals surface area contributed by atoms with E-state index in [9.17, 15) is 14.4 Å². The summed E-state index contributed by atoms with van der Waals surface area (Å²) in [6.45, 7) is 8.29. The number of imide groups is 1. The highest BCUT2D eigenvalue weighted by atomic mass is 16.2. The predicted molar refractivity (Wildman–Crippen MR) is 115 cm³/mol. The highest BCUT2D eigenvalue weighted by Gasteiger charge is 2.62. The first kappa shape index (κ1) is 20.8. The molecule has 1 aromatic carbocycles. The smallest absolute Gasteiger partial charge is 0.332 e. The molecule has 0 aliphatic carbocycles. The van der Waals surface area contributed by atoms with Crippen LogP contribution in [0.4, 0.5) is 10.5 Å². The molecule has 3 heterocycles. The van der Waals surface area contributed by atoms with Gasteiger partial charge in [-0.15, -0.1) is 0 Å². The molecule has 3 aliphatic rings. The van der Waals surface area contributed by atoms with Crippen LogP contribution in [0.5, 0.6) is 0 Å². The number of nitrogens with zero attached hydrogens (tertiary/aromatic N) is 3. The molecule has 0 bridgehead atoms. The summed E-state index contributed by atoms with van der Waals surface area (Å²) in [7, 11) is 0. The molecule has 4 rings (SSSR count). The summed E-state index contributed by atoms with van der Waals surface area (Å²) in [6, 6.07) is 7.17. The highest BCUT2D eigenvalue weighted by Crippen LogP contribution is 2.39. The van der Waals surface area contributed by atoms with Gasteiger partial charge in [0.25, 0.3) is 11.8 Å². The molecule has 1 aromatic rings. The first-order valence-electron chi connectivity index (χ1n) is 11.1. The van der Waals surface area contributed by atoms with Gasteiger partial charge in [0.2, 0.25) is 5.54 Å². The van der Waals surface area contributed by atoms with Crippen LogP contribution in [0.25, 0.3) is 0 Å². The van der Waals surface area contributed by atoms with Gasteiger partial charge in [0.1, 0.15) is 0 Å². The molecular weight excluding hydrogens is 380 g/mol. The minimum absolute atomic E-state index is 0.00785. The molecule has 3 fully saturated rings. The van der Waals surface area contributed by atoms with Crippen LogP contribution in [0.15, 0.2) is 24.3 Å². The SMILES string of the molecule is CC(C)(CCN1CCCC1)c1ccc(N2C(=O)N3CCCC[C@]3(C(N)=O)C2=O)cc1. The molecule has 0 spiro atoms. The van der Waals surface area contributed by atoms with E-state index in [1.807, 2.05) is 24.3 Å². The number of likely N-dealkylation sites (tertiary alicyclic amines) is 1. The zero-order valence-electron chi connectivity index (χ0n) is 18.0. The van der Waals surface area contributed by atoms with Crippen LogP contribution in [-0.2, 0) is 15.0 Å². The van der Waals surface area contributed by atoms with E-state index in [-0.39, 0.29) is 5.41 Å². The van der Waals surface area contributed by atoms with Crippen LogP contribution in [0.2, 0.25) is 0 Å². The molecule has 0 unspecified atom stereocenters. The van der Waals surface area contributed by atoms with E-state index >= 15 is 0 Å². The molecule has 3 aliphatic heterocycles. The van der Waals surface area contributed by atoms with Gasteiger partial charge in [0.05, 0.1) is 5.69 Å². The van der Waals surface area contributed by atoms with Crippen molar-refractivity contribution in [3.05, 3.63) is 29.8 Å². The number of fused-ring (bicyclic) bond motifs is 1. The molecule has 4 amide bonds. The first-order valence-corrected chi connectivity index (χ1v) is 11.1. The summed E-state index contributed by atoms with van der Waals surface area (Å²) in [5.74, 6) is -1.25. The van der Waals surface area contributed by atoms with Gasteiger partial charge in [-0.2, -0.15) is 0 Å². The zero-order valence-corrected chi connectivity index (χ0v) is 18.0. The van der Waals surface area contributed by atoms with Gasteiger partial charge in [0, 0.05) is 6.54 Å². The van der Waals surface area contributed by atoms with Crippen molar-refractivity contribution < 1.29 is 14.4 Å². The molecule has 0 saturated carbocycles. The van der Waals surface area contributed by atoms with Gasteiger partial charge < -0.3 is 15.5 Å². The van der Waals surface area contributed by atoms with Gasteiger partial charge >= 0.3 is 6.03 Å². The number of nitrogens with two attached hydrogens (primary N) is 1. The average molecular weight is 413 g/mol. The van der Waals surface area contributed by atoms with Gasteiger partial charge in [-0.3, -0.25) is 9.59 Å². The highest BCUT2D eigenvalue weighted by molar-refractivity contribution is 6.30. The fraction of sp³-hybridized carbons (Fsp3) is 0.609. The standard InChI is InChI=1S/C23H32N4O3/c1-22(2,12-16-25-13-5-6-14-25)17-7-9-18(10-8-17)27-20(29)23(19(24)28)11-3-4-15-26(23)21(27)30/h7-10H,3-6,11-16H2,1-2H3,(H2,24,28)/t23-/m0/s1. The second kappa shape index (κ2) is 7.69. The summed E-state index contributed by atoms with van der Waals surface area (Å²) in [6.07, 6.45) is 5.40. The van der Waals surface area contributed by atoms with Crippen LogP contribution in [0.1, 0.15) is 57.9 Å². The monoisotopic (exact) mass is 412 g/mol. The van der Waals surface area contributed by atoms with Crippen molar-refractivity contribution in [3.63, 3.8) is 0 Å². The number of anilines is 1. The predicted octanol–water partition coefficient (Wildman–Crippen LogP) is 2.63. The molecule has 2 N–H and O–H groups in total. The minimum atomic E-state index is -1.52. The van der Waals surface area contributed by atoms with Crippen LogP contribution >= 0.6 is 0 Å². The van der Waals surface area contributed by atoms with E-state index in [1.54, 1.807) is 0 Å². The second-order valence-electron chi connectivity index (χ2n) is 9.49. The van der Waals surface area contributed by atoms with Gasteiger partial charge in [-0.25, -0.2) is 9.69 Å². The van der Waals surface area contributed by atoms with Crippen LogP contribution in [0.3, 0.4) is 0 Å². The normalized spacial score (nSPS) is 25.1. The number of urea groups is 1. The fourth-order valence-electron chi connectivity index (χ4n) is 5.09. The van der Waals surface area contributed by atoms with Crippen molar-refractivity contribution in [3.8, 4) is 0 Å². The van der Waals surface area contributed by atoms with Crippen LogP contribution in [-0.4, -0.2) is 59.4 Å². The molecule has 1 atom stereocenters. The Morgan fingerprint density at radius 1 is 1.03 bits per heavy atom. The van der Waals surface area contributed by atoms with E-state index < -0.39 is 23.4 Å². The third-order valence-corrected chi connectivity index (χ3v) is 7.18. The van der Waals surface area contributed by atoms with E-state index in [1.165, 1.54) is 36.4 Å². The molecule has 162 valence electrons. The largest absolute Gasteiger partial charge is 0.367 e. The Balaban J connectivity index is 1.54. The van der Waals surface area contributed by atoms with E-state index in [2.05, 4.69) is 18.7 Å².